The summed E-state index contributed by atoms with van der Waals surface area (Å²) in [6.07, 6.45) is 4.15. The summed E-state index contributed by atoms with van der Waals surface area (Å²) in [5.74, 6) is -0.327. The van der Waals surface area contributed by atoms with Gasteiger partial charge in [0.1, 0.15) is 6.61 Å². The fraction of sp³-hybridized carbons (Fsp3) is 0.405. The van der Waals surface area contributed by atoms with Crippen molar-refractivity contribution >= 4 is 28.3 Å². The van der Waals surface area contributed by atoms with Crippen LogP contribution in [0.1, 0.15) is 89.3 Å². The van der Waals surface area contributed by atoms with Gasteiger partial charge in [-0.15, -0.1) is 6.58 Å². The highest BCUT2D eigenvalue weighted by Gasteiger charge is 2.49. The zero-order valence-corrected chi connectivity index (χ0v) is 29.4. The molecule has 49 heavy (non-hydrogen) atoms. The number of benzene rings is 3. The first-order valence-corrected chi connectivity index (χ1v) is 17.3. The number of aliphatic carboxylic acids is 1. The highest BCUT2D eigenvalue weighted by atomic mass is 16.5. The fourth-order valence-corrected chi connectivity index (χ4v) is 8.01. The Labute approximate surface area is 289 Å². The number of hydrogen-bond donors (Lipinski definition) is 1. The predicted molar refractivity (Wildman–Crippen MR) is 192 cm³/mol. The molecular formula is C42H47NO6. The molecule has 7 heteroatoms. The van der Waals surface area contributed by atoms with Gasteiger partial charge in [-0.1, -0.05) is 82.3 Å². The van der Waals surface area contributed by atoms with Crippen LogP contribution < -0.4 is 9.47 Å². The van der Waals surface area contributed by atoms with E-state index < -0.39 is 11.9 Å². The Balaban J connectivity index is 1.52. The first kappa shape index (κ1) is 34.2. The summed E-state index contributed by atoms with van der Waals surface area (Å²) >= 11 is 0. The number of Topliss-reactive ketones (excluding diaryl/α,β-unsaturated/α-hetero) is 2. The highest BCUT2D eigenvalue weighted by Crippen LogP contribution is 2.55. The molecule has 0 unspecified atom stereocenters. The molecule has 6 rings (SSSR count). The summed E-state index contributed by atoms with van der Waals surface area (Å²) in [6.45, 7) is 15.2. The lowest BCUT2D eigenvalue weighted by atomic mass is 9.63. The van der Waals surface area contributed by atoms with E-state index in [2.05, 4.69) is 64.6 Å². The molecule has 0 aromatic heterocycles. The smallest absolute Gasteiger partial charge is 0.305 e. The Morgan fingerprint density at radius 2 is 1.53 bits per heavy atom. The number of carboxylic acid groups (broad SMARTS) is 1. The maximum Gasteiger partial charge on any atom is 0.305 e. The Hall–Kier alpha value is -4.65. The summed E-state index contributed by atoms with van der Waals surface area (Å²) in [5, 5.41) is 12.0. The number of carboxylic acids is 1. The lowest BCUT2D eigenvalue weighted by Crippen LogP contribution is -2.45. The van der Waals surface area contributed by atoms with Gasteiger partial charge in [-0.2, -0.15) is 0 Å². The summed E-state index contributed by atoms with van der Waals surface area (Å²) in [5.41, 5.74) is 5.00. The van der Waals surface area contributed by atoms with Gasteiger partial charge in [0.05, 0.1) is 13.0 Å². The molecule has 1 heterocycles. The second-order valence-electron chi connectivity index (χ2n) is 15.2. The molecule has 1 N–H and O–H groups in total. The van der Waals surface area contributed by atoms with Gasteiger partial charge in [-0.05, 0) is 65.0 Å². The summed E-state index contributed by atoms with van der Waals surface area (Å²) < 4.78 is 12.9. The molecule has 256 valence electrons. The maximum atomic E-state index is 14.3. The van der Waals surface area contributed by atoms with Crippen molar-refractivity contribution in [2.75, 3.05) is 13.2 Å². The molecule has 0 atom stereocenters. The van der Waals surface area contributed by atoms with Crippen molar-refractivity contribution in [3.8, 4) is 11.5 Å². The van der Waals surface area contributed by atoms with E-state index >= 15 is 0 Å². The molecule has 2 aliphatic carbocycles. The third-order valence-corrected chi connectivity index (χ3v) is 9.97. The summed E-state index contributed by atoms with van der Waals surface area (Å²) in [4.78, 5) is 42.4. The zero-order valence-electron chi connectivity index (χ0n) is 29.4. The molecule has 3 aromatic carbocycles. The minimum atomic E-state index is -0.913. The van der Waals surface area contributed by atoms with Gasteiger partial charge < -0.3 is 19.5 Å². The average Bonchev–Trinajstić information content (AvgIpc) is 3.02. The number of carbonyl (C=O) groups excluding carboxylic acids is 2. The first-order chi connectivity index (χ1) is 23.3. The van der Waals surface area contributed by atoms with Crippen LogP contribution in [0.4, 0.5) is 0 Å². The minimum absolute atomic E-state index is 0.000251. The van der Waals surface area contributed by atoms with Gasteiger partial charge in [0.15, 0.2) is 23.1 Å². The molecule has 0 amide bonds. The van der Waals surface area contributed by atoms with E-state index in [4.69, 9.17) is 9.47 Å². The molecule has 0 spiro atoms. The van der Waals surface area contributed by atoms with Crippen LogP contribution in [-0.4, -0.2) is 40.7 Å². The van der Waals surface area contributed by atoms with Crippen LogP contribution >= 0.6 is 0 Å². The Morgan fingerprint density at radius 1 is 0.898 bits per heavy atom. The molecule has 7 nitrogen and oxygen atoms in total. The van der Waals surface area contributed by atoms with Crippen LogP contribution in [0.2, 0.25) is 0 Å². The molecule has 1 aliphatic heterocycles. The number of hydrogen-bond acceptors (Lipinski definition) is 6. The fourth-order valence-electron chi connectivity index (χ4n) is 8.01. The van der Waals surface area contributed by atoms with Crippen LogP contribution in [0.15, 0.2) is 89.8 Å². The largest absolute Gasteiger partial charge is 0.490 e. The van der Waals surface area contributed by atoms with Gasteiger partial charge in [0.25, 0.3) is 0 Å². The number of ether oxygens (including phenoxy) is 2. The van der Waals surface area contributed by atoms with Crippen LogP contribution in [0.5, 0.6) is 11.5 Å². The van der Waals surface area contributed by atoms with Crippen LogP contribution in [0.3, 0.4) is 0 Å². The lowest BCUT2D eigenvalue weighted by molar-refractivity contribution is -0.137. The quantitative estimate of drug-likeness (QED) is 0.206. The first-order valence-electron chi connectivity index (χ1n) is 17.3. The van der Waals surface area contributed by atoms with Crippen molar-refractivity contribution in [2.45, 2.75) is 85.7 Å². The molecule has 3 aliphatic rings. The topological polar surface area (TPSA) is 93.1 Å². The van der Waals surface area contributed by atoms with Crippen molar-refractivity contribution in [3.63, 3.8) is 0 Å². The van der Waals surface area contributed by atoms with Gasteiger partial charge in [-0.3, -0.25) is 14.4 Å². The summed E-state index contributed by atoms with van der Waals surface area (Å²) in [7, 11) is 0. The second kappa shape index (κ2) is 13.3. The molecular weight excluding hydrogens is 614 g/mol. The number of nitrogens with zero attached hydrogens (tertiary/aromatic N) is 1. The average molecular weight is 662 g/mol. The van der Waals surface area contributed by atoms with E-state index in [-0.39, 0.29) is 35.4 Å². The van der Waals surface area contributed by atoms with E-state index in [9.17, 15) is 19.5 Å². The van der Waals surface area contributed by atoms with Crippen molar-refractivity contribution in [1.82, 2.24) is 4.90 Å². The normalized spacial score (nSPS) is 18.8. The number of fused-ring (bicyclic) bond motifs is 1. The Kier molecular flexibility index (Phi) is 9.31. The van der Waals surface area contributed by atoms with Crippen molar-refractivity contribution in [3.05, 3.63) is 106 Å². The molecule has 0 bridgehead atoms. The molecule has 0 saturated heterocycles. The summed E-state index contributed by atoms with van der Waals surface area (Å²) in [6, 6.07) is 18.4. The second-order valence-corrected chi connectivity index (χ2v) is 15.2. The van der Waals surface area contributed by atoms with Gasteiger partial charge >= 0.3 is 5.97 Å². The highest BCUT2D eigenvalue weighted by molar-refractivity contribution is 6.07. The van der Waals surface area contributed by atoms with E-state index in [0.29, 0.717) is 68.0 Å². The molecule has 0 fully saturated rings. The molecule has 0 radical (unpaired) electrons. The maximum absolute atomic E-state index is 14.3. The third kappa shape index (κ3) is 6.81. The SMILES string of the molecule is C=CCc1cc(C2C3=C(CC(C)(C)CC3=O)N(CCC(=O)O)C3=C2C(=O)CC(C)(C)C3)cc(OCC)c1OCc1cccc2ccccc12. The number of ketones is 2. The number of allylic oxidation sites excluding steroid dienone is 5. The number of rotatable bonds is 11. The Morgan fingerprint density at radius 3 is 2.14 bits per heavy atom. The molecule has 3 aromatic rings. The van der Waals surface area contributed by atoms with Crippen molar-refractivity contribution in [1.29, 1.82) is 0 Å². The van der Waals surface area contributed by atoms with E-state index in [1.807, 2.05) is 42.2 Å². The number of carbonyl (C=O) groups is 3. The van der Waals surface area contributed by atoms with Crippen LogP contribution in [0.25, 0.3) is 10.8 Å². The van der Waals surface area contributed by atoms with E-state index in [0.717, 1.165) is 38.9 Å². The molecule has 0 saturated carbocycles. The Bertz CT molecular complexity index is 1850. The lowest BCUT2D eigenvalue weighted by Gasteiger charge is -2.49. The van der Waals surface area contributed by atoms with E-state index in [1.54, 1.807) is 0 Å². The third-order valence-electron chi connectivity index (χ3n) is 9.97. The van der Waals surface area contributed by atoms with E-state index in [1.165, 1.54) is 0 Å². The zero-order chi connectivity index (χ0) is 35.1. The predicted octanol–water partition coefficient (Wildman–Crippen LogP) is 8.71. The van der Waals surface area contributed by atoms with Crippen LogP contribution in [0, 0.1) is 10.8 Å². The van der Waals surface area contributed by atoms with Crippen LogP contribution in [-0.2, 0) is 27.4 Å². The van der Waals surface area contributed by atoms with Crippen molar-refractivity contribution in [2.24, 2.45) is 10.8 Å². The van der Waals surface area contributed by atoms with Gasteiger partial charge in [0, 0.05) is 53.4 Å². The van der Waals surface area contributed by atoms with Crippen molar-refractivity contribution < 1.29 is 29.0 Å². The van der Waals surface area contributed by atoms with Gasteiger partial charge in [0.2, 0.25) is 0 Å². The minimum Gasteiger partial charge on any atom is -0.490 e. The van der Waals surface area contributed by atoms with Gasteiger partial charge in [-0.25, -0.2) is 0 Å². The monoisotopic (exact) mass is 661 g/mol. The standard InChI is InChI=1S/C42H47NO6/c1-7-12-27-19-29(20-35(48-8-2)40(27)49-25-28-15-11-14-26-13-9-10-16-30(26)28)37-38-31(21-41(3,4)23-33(38)44)43(18-17-36(46)47)32-22-42(5,6)24-34(45)39(32)37/h7,9-11,13-16,19-20,37H,1,8,12,17-18,21-25H2,2-6H3,(H,46,47).